The molecule has 2 amide bonds. The van der Waals surface area contributed by atoms with Crippen molar-refractivity contribution in [3.63, 3.8) is 0 Å². The second-order valence-corrected chi connectivity index (χ2v) is 14.4. The number of hydrogen-bond donors (Lipinski definition) is 4. The SMILES string of the molecule is COC(=O)N[C@H](C(=O)N[C@H](c1ccc([C@@H](CO)N(C(C)C)S(=O)(=O)c2ccc(N)cc2F)s1)C(F)(F)F)C(c1ccccc1)c1ccccc1. The van der Waals surface area contributed by atoms with Crippen LogP contribution in [-0.2, 0) is 19.6 Å². The summed E-state index contributed by atoms with van der Waals surface area (Å²) in [5.41, 5.74) is 6.60. The van der Waals surface area contributed by atoms with Crippen LogP contribution in [0.2, 0.25) is 0 Å². The molecule has 0 saturated carbocycles. The quantitative estimate of drug-likeness (QED) is 0.0990. The number of ether oxygens (including phenoxy) is 1. The van der Waals surface area contributed by atoms with Crippen molar-refractivity contribution in [2.24, 2.45) is 0 Å². The van der Waals surface area contributed by atoms with E-state index in [2.05, 4.69) is 5.32 Å². The molecule has 0 spiro atoms. The largest absolute Gasteiger partial charge is 0.453 e. The minimum absolute atomic E-state index is 0.00481. The number of methoxy groups -OCH3 is 1. The highest BCUT2D eigenvalue weighted by molar-refractivity contribution is 7.89. The number of aliphatic hydroxyl groups is 1. The molecule has 3 aromatic carbocycles. The molecule has 4 aromatic rings. The first-order valence-electron chi connectivity index (χ1n) is 15.2. The van der Waals surface area contributed by atoms with Gasteiger partial charge in [-0.2, -0.15) is 17.5 Å². The zero-order valence-corrected chi connectivity index (χ0v) is 28.7. The number of amides is 2. The average Bonchev–Trinajstić information content (AvgIpc) is 3.54. The van der Waals surface area contributed by atoms with Crippen molar-refractivity contribution in [1.29, 1.82) is 0 Å². The Kier molecular flexibility index (Phi) is 12.3. The Bertz CT molecular complexity index is 1840. The number of halogens is 4. The number of sulfonamides is 1. The monoisotopic (exact) mass is 736 g/mol. The number of nitrogen functional groups attached to an aromatic ring is 1. The molecule has 1 aromatic heterocycles. The van der Waals surface area contributed by atoms with E-state index in [0.29, 0.717) is 22.5 Å². The standard InChI is InChI=1S/C34H36F4N4O6S2/c1-20(2)42(50(46,47)28-17-14-23(39)18-24(28)35)25(19-43)26-15-16-27(49-26)31(34(36,37)38)41-32(44)30(40-33(45)48-3)29(21-10-6-4-7-11-21)22-12-8-5-9-13-22/h4-18,20,25,29-31,43H,19,39H2,1-3H3,(H,40,45)(H,41,44)/t25-,30+,31-/m1/s1. The number of alkyl carbamates (subject to hydrolysis) is 1. The lowest BCUT2D eigenvalue weighted by molar-refractivity contribution is -0.163. The molecule has 0 fully saturated rings. The summed E-state index contributed by atoms with van der Waals surface area (Å²) in [4.78, 5) is 25.2. The number of carbonyl (C=O) groups excluding carboxylic acids is 2. The second-order valence-electron chi connectivity index (χ2n) is 11.5. The van der Waals surface area contributed by atoms with Gasteiger partial charge in [-0.05, 0) is 55.3 Å². The van der Waals surface area contributed by atoms with Gasteiger partial charge in [0.15, 0.2) is 6.04 Å². The van der Waals surface area contributed by atoms with Crippen molar-refractivity contribution in [2.45, 2.75) is 55.0 Å². The third-order valence-electron chi connectivity index (χ3n) is 7.77. The van der Waals surface area contributed by atoms with Gasteiger partial charge in [0.25, 0.3) is 0 Å². The Labute approximate surface area is 290 Å². The van der Waals surface area contributed by atoms with Crippen LogP contribution in [0.5, 0.6) is 0 Å². The molecule has 0 aliphatic rings. The molecule has 0 bridgehead atoms. The van der Waals surface area contributed by atoms with Crippen molar-refractivity contribution < 1.29 is 45.4 Å². The number of rotatable bonds is 13. The molecular weight excluding hydrogens is 701 g/mol. The van der Waals surface area contributed by atoms with E-state index in [4.69, 9.17) is 10.5 Å². The van der Waals surface area contributed by atoms with Crippen molar-refractivity contribution in [1.82, 2.24) is 14.9 Å². The molecule has 5 N–H and O–H groups in total. The number of alkyl halides is 3. The summed E-state index contributed by atoms with van der Waals surface area (Å²) < 4.78 is 91.9. The normalized spacial score (nSPS) is 14.0. The number of hydrogen-bond acceptors (Lipinski definition) is 8. The van der Waals surface area contributed by atoms with Crippen LogP contribution in [0.3, 0.4) is 0 Å². The van der Waals surface area contributed by atoms with Crippen molar-refractivity contribution in [3.8, 4) is 0 Å². The first kappa shape index (κ1) is 38.3. The number of aliphatic hydroxyl groups excluding tert-OH is 1. The zero-order chi connectivity index (χ0) is 36.8. The Morgan fingerprint density at radius 1 is 0.920 bits per heavy atom. The van der Waals surface area contributed by atoms with E-state index >= 15 is 0 Å². The van der Waals surface area contributed by atoms with Crippen molar-refractivity contribution in [3.05, 3.63) is 118 Å². The van der Waals surface area contributed by atoms with Gasteiger partial charge in [-0.15, -0.1) is 11.3 Å². The highest BCUT2D eigenvalue weighted by Gasteiger charge is 2.46. The van der Waals surface area contributed by atoms with Crippen LogP contribution in [0.25, 0.3) is 0 Å². The summed E-state index contributed by atoms with van der Waals surface area (Å²) >= 11 is 0.511. The average molecular weight is 737 g/mol. The predicted molar refractivity (Wildman–Crippen MR) is 180 cm³/mol. The topological polar surface area (TPSA) is 151 Å². The Morgan fingerprint density at radius 2 is 1.48 bits per heavy atom. The lowest BCUT2D eigenvalue weighted by Crippen LogP contribution is -2.52. The molecule has 16 heteroatoms. The molecule has 0 aliphatic carbocycles. The van der Waals surface area contributed by atoms with E-state index in [-0.39, 0.29) is 10.6 Å². The van der Waals surface area contributed by atoms with Gasteiger partial charge in [-0.3, -0.25) is 4.79 Å². The molecule has 50 heavy (non-hydrogen) atoms. The molecule has 10 nitrogen and oxygen atoms in total. The van der Waals surface area contributed by atoms with Gasteiger partial charge in [-0.25, -0.2) is 17.6 Å². The maximum absolute atomic E-state index is 14.8. The highest BCUT2D eigenvalue weighted by atomic mass is 32.2. The fraction of sp³-hybridized carbons (Fsp3) is 0.294. The molecule has 268 valence electrons. The number of benzene rings is 3. The predicted octanol–water partition coefficient (Wildman–Crippen LogP) is 5.88. The van der Waals surface area contributed by atoms with Crippen molar-refractivity contribution in [2.75, 3.05) is 19.5 Å². The lowest BCUT2D eigenvalue weighted by atomic mass is 9.84. The molecule has 1 heterocycles. The number of anilines is 1. The zero-order valence-electron chi connectivity index (χ0n) is 27.1. The van der Waals surface area contributed by atoms with Gasteiger partial charge in [0.2, 0.25) is 15.9 Å². The minimum Gasteiger partial charge on any atom is -0.453 e. The van der Waals surface area contributed by atoms with Crippen LogP contribution in [0.4, 0.5) is 28.0 Å². The summed E-state index contributed by atoms with van der Waals surface area (Å²) in [6.07, 6.45) is -6.11. The molecule has 0 radical (unpaired) electrons. The first-order valence-corrected chi connectivity index (χ1v) is 17.5. The molecule has 0 saturated heterocycles. The van der Waals surface area contributed by atoms with E-state index in [1.165, 1.54) is 26.0 Å². The van der Waals surface area contributed by atoms with Gasteiger partial charge >= 0.3 is 12.3 Å². The Hall–Kier alpha value is -4.51. The summed E-state index contributed by atoms with van der Waals surface area (Å²) in [5, 5.41) is 14.8. The minimum atomic E-state index is -5.06. The summed E-state index contributed by atoms with van der Waals surface area (Å²) in [5.74, 6) is -3.27. The summed E-state index contributed by atoms with van der Waals surface area (Å²) in [6.45, 7) is 2.07. The smallest absolute Gasteiger partial charge is 0.413 e. The van der Waals surface area contributed by atoms with Crippen LogP contribution in [0, 0.1) is 5.82 Å². The van der Waals surface area contributed by atoms with E-state index in [0.717, 1.165) is 29.6 Å². The fourth-order valence-corrected chi connectivity index (χ4v) is 8.66. The molecular formula is C34H36F4N4O6S2. The molecule has 4 rings (SSSR count). The van der Waals surface area contributed by atoms with Crippen molar-refractivity contribution >= 4 is 39.0 Å². The van der Waals surface area contributed by atoms with Gasteiger partial charge in [0, 0.05) is 27.4 Å². The van der Waals surface area contributed by atoms with Crippen LogP contribution in [0.15, 0.2) is 95.9 Å². The van der Waals surface area contributed by atoms with E-state index < -0.39 is 80.5 Å². The fourth-order valence-electron chi connectivity index (χ4n) is 5.57. The van der Waals surface area contributed by atoms with E-state index in [1.807, 2.05) is 5.32 Å². The number of nitrogens with one attached hydrogen (secondary N) is 2. The van der Waals surface area contributed by atoms with Crippen LogP contribution in [0.1, 0.15) is 52.7 Å². The van der Waals surface area contributed by atoms with Crippen LogP contribution < -0.4 is 16.4 Å². The van der Waals surface area contributed by atoms with Gasteiger partial charge in [0.05, 0.1) is 19.8 Å². The van der Waals surface area contributed by atoms with E-state index in [1.54, 1.807) is 60.7 Å². The van der Waals surface area contributed by atoms with Gasteiger partial charge < -0.3 is 26.2 Å². The summed E-state index contributed by atoms with van der Waals surface area (Å²) in [6, 6.07) is 15.6. The maximum Gasteiger partial charge on any atom is 0.413 e. The summed E-state index contributed by atoms with van der Waals surface area (Å²) in [7, 11) is -3.60. The van der Waals surface area contributed by atoms with Crippen LogP contribution in [-0.4, -0.2) is 61.8 Å². The Balaban J connectivity index is 1.74. The number of nitrogens with two attached hydrogens (primary N) is 1. The van der Waals surface area contributed by atoms with Gasteiger partial charge in [-0.1, -0.05) is 60.7 Å². The first-order chi connectivity index (χ1) is 23.6. The third-order valence-corrected chi connectivity index (χ3v) is 11.1. The third kappa shape index (κ3) is 8.61. The van der Waals surface area contributed by atoms with Gasteiger partial charge in [0.1, 0.15) is 16.8 Å². The number of nitrogens with zero attached hydrogens (tertiary/aromatic N) is 1. The Morgan fingerprint density at radius 3 is 1.96 bits per heavy atom. The second kappa shape index (κ2) is 16.0. The number of carbonyl (C=O) groups is 2. The molecule has 0 aliphatic heterocycles. The maximum atomic E-state index is 14.8. The number of thiophene rings is 1. The van der Waals surface area contributed by atoms with E-state index in [9.17, 15) is 40.7 Å². The lowest BCUT2D eigenvalue weighted by Gasteiger charge is -2.32. The molecule has 0 unspecified atom stereocenters. The highest BCUT2D eigenvalue weighted by Crippen LogP contribution is 2.41. The molecule has 3 atom stereocenters. The van der Waals surface area contributed by atoms with Crippen LogP contribution >= 0.6 is 11.3 Å².